The molecule has 6 heteroatoms. The first kappa shape index (κ1) is 10.9. The van der Waals surface area contributed by atoms with E-state index in [1.807, 2.05) is 5.32 Å². The van der Waals surface area contributed by atoms with Gasteiger partial charge in [0.1, 0.15) is 5.75 Å². The number of halogens is 2. The second kappa shape index (κ2) is 4.91. The minimum atomic E-state index is -3.01. The van der Waals surface area contributed by atoms with E-state index in [0.717, 1.165) is 0 Å². The van der Waals surface area contributed by atoms with Crippen LogP contribution in [-0.4, -0.2) is 12.5 Å². The van der Waals surface area contributed by atoms with Crippen molar-refractivity contribution in [1.82, 2.24) is 5.32 Å². The molecule has 0 spiro atoms. The number of nitrogens with one attached hydrogen (secondary N) is 1. The second-order valence-electron chi connectivity index (χ2n) is 2.44. The molecule has 1 amide bonds. The van der Waals surface area contributed by atoms with E-state index < -0.39 is 12.5 Å². The third-order valence-electron chi connectivity index (χ3n) is 1.52. The van der Waals surface area contributed by atoms with Gasteiger partial charge in [0.05, 0.1) is 5.56 Å². The SMILES string of the molecule is N#CNC(=O)c1ccccc1OC(F)F. The average Bonchev–Trinajstić information content (AvgIpc) is 2.18. The third kappa shape index (κ3) is 2.91. The van der Waals surface area contributed by atoms with E-state index in [1.54, 1.807) is 0 Å². The maximum absolute atomic E-state index is 11.9. The zero-order valence-electron chi connectivity index (χ0n) is 7.41. The average molecular weight is 212 g/mol. The molecular formula is C9H6F2N2O2. The van der Waals surface area contributed by atoms with E-state index in [4.69, 9.17) is 5.26 Å². The normalized spacial score (nSPS) is 9.47. The molecule has 78 valence electrons. The molecule has 0 aromatic heterocycles. The highest BCUT2D eigenvalue weighted by Gasteiger charge is 2.14. The maximum atomic E-state index is 11.9. The monoisotopic (exact) mass is 212 g/mol. The quantitative estimate of drug-likeness (QED) is 0.610. The summed E-state index contributed by atoms with van der Waals surface area (Å²) >= 11 is 0. The highest BCUT2D eigenvalue weighted by molar-refractivity contribution is 5.97. The van der Waals surface area contributed by atoms with Crippen LogP contribution in [-0.2, 0) is 0 Å². The lowest BCUT2D eigenvalue weighted by Crippen LogP contribution is -2.19. The molecule has 0 radical (unpaired) electrons. The van der Waals surface area contributed by atoms with Crippen LogP contribution in [0.15, 0.2) is 24.3 Å². The molecule has 0 aliphatic rings. The van der Waals surface area contributed by atoms with Crippen LogP contribution in [0.3, 0.4) is 0 Å². The molecule has 0 saturated carbocycles. The van der Waals surface area contributed by atoms with Gasteiger partial charge in [0, 0.05) is 0 Å². The number of hydrogen-bond acceptors (Lipinski definition) is 3. The highest BCUT2D eigenvalue weighted by atomic mass is 19.3. The number of amides is 1. The van der Waals surface area contributed by atoms with Crippen molar-refractivity contribution in [3.05, 3.63) is 29.8 Å². The van der Waals surface area contributed by atoms with Gasteiger partial charge in [-0.15, -0.1) is 0 Å². The van der Waals surface area contributed by atoms with E-state index in [9.17, 15) is 13.6 Å². The lowest BCUT2D eigenvalue weighted by atomic mass is 10.2. The van der Waals surface area contributed by atoms with Gasteiger partial charge in [-0.05, 0) is 12.1 Å². The first-order valence-electron chi connectivity index (χ1n) is 3.88. The summed E-state index contributed by atoms with van der Waals surface area (Å²) in [5.74, 6) is -1.05. The largest absolute Gasteiger partial charge is 0.434 e. The summed E-state index contributed by atoms with van der Waals surface area (Å²) in [6.45, 7) is -3.01. The molecule has 1 rings (SSSR count). The lowest BCUT2D eigenvalue weighted by Gasteiger charge is -2.07. The summed E-state index contributed by atoms with van der Waals surface area (Å²) in [5, 5.41) is 10.0. The van der Waals surface area contributed by atoms with E-state index in [-0.39, 0.29) is 11.3 Å². The number of carbonyl (C=O) groups is 1. The van der Waals surface area contributed by atoms with Crippen LogP contribution >= 0.6 is 0 Å². The maximum Gasteiger partial charge on any atom is 0.387 e. The fraction of sp³-hybridized carbons (Fsp3) is 0.111. The molecule has 0 bridgehead atoms. The molecule has 1 N–H and O–H groups in total. The van der Waals surface area contributed by atoms with Crippen molar-refractivity contribution in [2.75, 3.05) is 0 Å². The van der Waals surface area contributed by atoms with Crippen molar-refractivity contribution in [2.45, 2.75) is 6.61 Å². The molecule has 0 aliphatic heterocycles. The number of benzene rings is 1. The molecule has 15 heavy (non-hydrogen) atoms. The van der Waals surface area contributed by atoms with Crippen molar-refractivity contribution < 1.29 is 18.3 Å². The lowest BCUT2D eigenvalue weighted by molar-refractivity contribution is -0.0501. The molecule has 4 nitrogen and oxygen atoms in total. The topological polar surface area (TPSA) is 62.1 Å². The Morgan fingerprint density at radius 3 is 2.73 bits per heavy atom. The van der Waals surface area contributed by atoms with E-state index in [2.05, 4.69) is 4.74 Å². The van der Waals surface area contributed by atoms with E-state index in [0.29, 0.717) is 0 Å². The summed E-state index contributed by atoms with van der Waals surface area (Å²) in [6, 6.07) is 5.42. The Kier molecular flexibility index (Phi) is 3.57. The van der Waals surface area contributed by atoms with Crippen molar-refractivity contribution in [2.24, 2.45) is 0 Å². The van der Waals surface area contributed by atoms with Crippen molar-refractivity contribution >= 4 is 5.91 Å². The van der Waals surface area contributed by atoms with E-state index >= 15 is 0 Å². The molecule has 0 saturated heterocycles. The molecule has 0 heterocycles. The van der Waals surface area contributed by atoms with Crippen molar-refractivity contribution in [1.29, 1.82) is 5.26 Å². The highest BCUT2D eigenvalue weighted by Crippen LogP contribution is 2.19. The Hall–Kier alpha value is -2.16. The van der Waals surface area contributed by atoms with Gasteiger partial charge in [-0.25, -0.2) is 0 Å². The third-order valence-corrected chi connectivity index (χ3v) is 1.52. The molecular weight excluding hydrogens is 206 g/mol. The first-order chi connectivity index (χ1) is 7.15. The summed E-state index contributed by atoms with van der Waals surface area (Å²) in [4.78, 5) is 11.2. The van der Waals surface area contributed by atoms with Crippen molar-refractivity contribution in [3.8, 4) is 11.9 Å². The fourth-order valence-corrected chi connectivity index (χ4v) is 0.971. The van der Waals surface area contributed by atoms with Crippen LogP contribution in [0.25, 0.3) is 0 Å². The van der Waals surface area contributed by atoms with Gasteiger partial charge in [-0.2, -0.15) is 14.0 Å². The predicted molar refractivity (Wildman–Crippen MR) is 46.2 cm³/mol. The number of alkyl halides is 2. The predicted octanol–water partition coefficient (Wildman–Crippen LogP) is 1.50. The molecule has 0 aliphatic carbocycles. The molecule has 0 unspecified atom stereocenters. The molecule has 0 fully saturated rings. The summed E-state index contributed by atoms with van der Waals surface area (Å²) < 4.78 is 28.0. The van der Waals surface area contributed by atoms with Gasteiger partial charge in [-0.1, -0.05) is 12.1 Å². The number of para-hydroxylation sites is 1. The number of nitrogens with zero attached hydrogens (tertiary/aromatic N) is 1. The van der Waals surface area contributed by atoms with Gasteiger partial charge in [0.25, 0.3) is 5.91 Å². The van der Waals surface area contributed by atoms with Gasteiger partial charge < -0.3 is 4.74 Å². The zero-order chi connectivity index (χ0) is 11.3. The number of carbonyl (C=O) groups excluding carboxylic acids is 1. The number of hydrogen-bond donors (Lipinski definition) is 1. The molecule has 1 aromatic carbocycles. The van der Waals surface area contributed by atoms with Crippen LogP contribution < -0.4 is 10.1 Å². The summed E-state index contributed by atoms with van der Waals surface area (Å²) in [7, 11) is 0. The van der Waals surface area contributed by atoms with Gasteiger partial charge in [0.15, 0.2) is 6.19 Å². The Labute approximate surface area is 84.1 Å². The molecule has 1 aromatic rings. The summed E-state index contributed by atoms with van der Waals surface area (Å²) in [5.41, 5.74) is -0.112. The zero-order valence-corrected chi connectivity index (χ0v) is 7.41. The van der Waals surface area contributed by atoms with Crippen molar-refractivity contribution in [3.63, 3.8) is 0 Å². The van der Waals surface area contributed by atoms with Crippen LogP contribution in [0.5, 0.6) is 5.75 Å². The van der Waals surface area contributed by atoms with Crippen LogP contribution in [0.2, 0.25) is 0 Å². The first-order valence-corrected chi connectivity index (χ1v) is 3.88. The van der Waals surface area contributed by atoms with Crippen LogP contribution in [0.1, 0.15) is 10.4 Å². The van der Waals surface area contributed by atoms with Gasteiger partial charge >= 0.3 is 6.61 Å². The fourth-order valence-electron chi connectivity index (χ4n) is 0.971. The number of rotatable bonds is 3. The van der Waals surface area contributed by atoms with Crippen LogP contribution in [0, 0.1) is 11.5 Å². The Bertz CT molecular complexity index is 401. The standard InChI is InChI=1S/C9H6F2N2O2/c10-9(11)15-7-4-2-1-3-6(7)8(14)13-5-12/h1-4,9H,(H,13,14). The minimum Gasteiger partial charge on any atom is -0.434 e. The Morgan fingerprint density at radius 1 is 1.47 bits per heavy atom. The smallest absolute Gasteiger partial charge is 0.387 e. The van der Waals surface area contributed by atoms with Gasteiger partial charge in [-0.3, -0.25) is 10.1 Å². The minimum absolute atomic E-state index is 0.112. The van der Waals surface area contributed by atoms with Crippen LogP contribution in [0.4, 0.5) is 8.78 Å². The molecule has 0 atom stereocenters. The Balaban J connectivity index is 2.96. The Morgan fingerprint density at radius 2 is 2.13 bits per heavy atom. The second-order valence-corrected chi connectivity index (χ2v) is 2.44. The summed E-state index contributed by atoms with van der Waals surface area (Å²) in [6.07, 6.45) is 1.40. The number of ether oxygens (including phenoxy) is 1. The van der Waals surface area contributed by atoms with E-state index in [1.165, 1.54) is 30.5 Å². The number of nitriles is 1. The van der Waals surface area contributed by atoms with Gasteiger partial charge in [0.2, 0.25) is 0 Å².